The Labute approximate surface area is 115 Å². The molecule has 2 N–H and O–H groups in total. The summed E-state index contributed by atoms with van der Waals surface area (Å²) in [5.74, 6) is -2.28. The highest BCUT2D eigenvalue weighted by molar-refractivity contribution is 5.92. The van der Waals surface area contributed by atoms with E-state index >= 15 is 0 Å². The molecular formula is C14H15FN2O3. The Kier molecular flexibility index (Phi) is 3.16. The van der Waals surface area contributed by atoms with E-state index in [0.717, 1.165) is 25.3 Å². The average Bonchev–Trinajstić information content (AvgIpc) is 2.99. The molecule has 1 amide bonds. The maximum Gasteiger partial charge on any atom is 0.308 e. The minimum Gasteiger partial charge on any atom is -0.481 e. The molecule has 3 rings (SSSR count). The predicted octanol–water partition coefficient (Wildman–Crippen LogP) is 1.45. The Hall–Kier alpha value is -1.98. The van der Waals surface area contributed by atoms with Gasteiger partial charge in [-0.05, 0) is 43.2 Å². The minimum atomic E-state index is -0.866. The number of fused-ring (bicyclic) bond motifs is 2. The molecule has 2 aliphatic carbocycles. The number of carbonyl (C=O) groups excluding carboxylic acids is 1. The third-order valence-corrected chi connectivity index (χ3v) is 4.45. The lowest BCUT2D eigenvalue weighted by Crippen LogP contribution is -2.47. The zero-order valence-corrected chi connectivity index (χ0v) is 10.8. The first kappa shape index (κ1) is 13.0. The van der Waals surface area contributed by atoms with Crippen LogP contribution in [0.3, 0.4) is 0 Å². The topological polar surface area (TPSA) is 79.3 Å². The van der Waals surface area contributed by atoms with Gasteiger partial charge in [-0.15, -0.1) is 0 Å². The number of carbonyl (C=O) groups is 2. The van der Waals surface area contributed by atoms with Crippen LogP contribution in [0.2, 0.25) is 0 Å². The van der Waals surface area contributed by atoms with Crippen LogP contribution in [-0.4, -0.2) is 28.0 Å². The van der Waals surface area contributed by atoms with Crippen molar-refractivity contribution in [3.8, 4) is 0 Å². The molecule has 2 saturated carbocycles. The van der Waals surface area contributed by atoms with E-state index in [0.29, 0.717) is 0 Å². The van der Waals surface area contributed by atoms with Gasteiger partial charge in [-0.25, -0.2) is 4.98 Å². The third kappa shape index (κ3) is 2.15. The molecule has 20 heavy (non-hydrogen) atoms. The standard InChI is InChI=1S/C14H15FN2O3/c15-10-3-1-2-9(16-10)13(18)17-12-8-5-4-7(6-8)11(12)14(19)20/h1-3,7-8,11-12H,4-6H2,(H,17,18)(H,19,20). The molecule has 106 valence electrons. The summed E-state index contributed by atoms with van der Waals surface area (Å²) in [6, 6.07) is 3.62. The average molecular weight is 278 g/mol. The molecule has 5 nitrogen and oxygen atoms in total. The number of carboxylic acids is 1. The highest BCUT2D eigenvalue weighted by Gasteiger charge is 2.51. The molecular weight excluding hydrogens is 263 g/mol. The van der Waals surface area contributed by atoms with Gasteiger partial charge in [-0.3, -0.25) is 9.59 Å². The Morgan fingerprint density at radius 3 is 2.75 bits per heavy atom. The van der Waals surface area contributed by atoms with Crippen LogP contribution in [0.4, 0.5) is 4.39 Å². The summed E-state index contributed by atoms with van der Waals surface area (Å²) in [5, 5.41) is 12.0. The molecule has 2 bridgehead atoms. The molecule has 6 heteroatoms. The number of amides is 1. The van der Waals surface area contributed by atoms with Gasteiger partial charge in [0.2, 0.25) is 5.95 Å². The second-order valence-electron chi connectivity index (χ2n) is 5.54. The first-order chi connectivity index (χ1) is 9.56. The minimum absolute atomic E-state index is 0.0167. The molecule has 1 aromatic heterocycles. The number of carboxylic acid groups (broad SMARTS) is 1. The zero-order valence-electron chi connectivity index (χ0n) is 10.8. The molecule has 1 heterocycles. The van der Waals surface area contributed by atoms with Crippen LogP contribution in [0.25, 0.3) is 0 Å². The van der Waals surface area contributed by atoms with E-state index in [9.17, 15) is 19.1 Å². The zero-order chi connectivity index (χ0) is 14.3. The van der Waals surface area contributed by atoms with Gasteiger partial charge in [-0.1, -0.05) is 6.07 Å². The highest BCUT2D eigenvalue weighted by atomic mass is 19.1. The number of halogens is 1. The fourth-order valence-electron chi connectivity index (χ4n) is 3.61. The normalized spacial score (nSPS) is 31.2. The number of pyridine rings is 1. The van der Waals surface area contributed by atoms with E-state index in [1.54, 1.807) is 0 Å². The molecule has 4 atom stereocenters. The maximum absolute atomic E-state index is 13.0. The van der Waals surface area contributed by atoms with E-state index in [1.807, 2.05) is 0 Å². The van der Waals surface area contributed by atoms with E-state index in [1.165, 1.54) is 12.1 Å². The third-order valence-electron chi connectivity index (χ3n) is 4.45. The van der Waals surface area contributed by atoms with Crippen molar-refractivity contribution in [1.29, 1.82) is 0 Å². The largest absolute Gasteiger partial charge is 0.481 e. The summed E-state index contributed by atoms with van der Waals surface area (Å²) in [5.41, 5.74) is -0.0167. The van der Waals surface area contributed by atoms with E-state index in [2.05, 4.69) is 10.3 Å². The molecule has 0 saturated heterocycles. The van der Waals surface area contributed by atoms with Crippen LogP contribution in [0.5, 0.6) is 0 Å². The number of nitrogens with one attached hydrogen (secondary N) is 1. The molecule has 4 unspecified atom stereocenters. The number of aliphatic carboxylic acids is 1. The van der Waals surface area contributed by atoms with Gasteiger partial charge >= 0.3 is 5.97 Å². The summed E-state index contributed by atoms with van der Waals surface area (Å²) in [6.07, 6.45) is 2.70. The van der Waals surface area contributed by atoms with Gasteiger partial charge in [0.25, 0.3) is 5.91 Å². The second-order valence-corrected chi connectivity index (χ2v) is 5.54. The molecule has 0 aliphatic heterocycles. The number of hydrogen-bond donors (Lipinski definition) is 2. The molecule has 2 aliphatic rings. The second kappa shape index (κ2) is 4.85. The molecule has 0 aromatic carbocycles. The van der Waals surface area contributed by atoms with Crippen LogP contribution in [-0.2, 0) is 4.79 Å². The lowest BCUT2D eigenvalue weighted by molar-refractivity contribution is -0.144. The summed E-state index contributed by atoms with van der Waals surface area (Å²) in [7, 11) is 0. The Morgan fingerprint density at radius 1 is 1.30 bits per heavy atom. The van der Waals surface area contributed by atoms with Crippen LogP contribution in [0, 0.1) is 23.7 Å². The first-order valence-corrected chi connectivity index (χ1v) is 6.72. The first-order valence-electron chi connectivity index (χ1n) is 6.72. The van der Waals surface area contributed by atoms with Gasteiger partial charge in [0.1, 0.15) is 5.69 Å². The van der Waals surface area contributed by atoms with Gasteiger partial charge in [0.05, 0.1) is 5.92 Å². The monoisotopic (exact) mass is 278 g/mol. The summed E-state index contributed by atoms with van der Waals surface area (Å²) < 4.78 is 13.0. The van der Waals surface area contributed by atoms with Gasteiger partial charge in [0, 0.05) is 6.04 Å². The van der Waals surface area contributed by atoms with Crippen molar-refractivity contribution in [1.82, 2.24) is 10.3 Å². The Morgan fingerprint density at radius 2 is 2.05 bits per heavy atom. The van der Waals surface area contributed by atoms with Crippen LogP contribution in [0.15, 0.2) is 18.2 Å². The predicted molar refractivity (Wildman–Crippen MR) is 67.4 cm³/mol. The highest BCUT2D eigenvalue weighted by Crippen LogP contribution is 2.48. The van der Waals surface area contributed by atoms with Gasteiger partial charge < -0.3 is 10.4 Å². The van der Waals surface area contributed by atoms with Crippen molar-refractivity contribution in [2.24, 2.45) is 17.8 Å². The van der Waals surface area contributed by atoms with Crippen LogP contribution < -0.4 is 5.32 Å². The van der Waals surface area contributed by atoms with Crippen molar-refractivity contribution in [3.63, 3.8) is 0 Å². The van der Waals surface area contributed by atoms with Gasteiger partial charge in [-0.2, -0.15) is 4.39 Å². The summed E-state index contributed by atoms with van der Waals surface area (Å²) >= 11 is 0. The fraction of sp³-hybridized carbons (Fsp3) is 0.500. The lowest BCUT2D eigenvalue weighted by Gasteiger charge is -2.28. The SMILES string of the molecule is O=C(NC1C2CCC(C2)C1C(=O)O)c1cccc(F)n1. The fourth-order valence-corrected chi connectivity index (χ4v) is 3.61. The molecule has 0 radical (unpaired) electrons. The van der Waals surface area contributed by atoms with Crippen molar-refractivity contribution in [2.45, 2.75) is 25.3 Å². The van der Waals surface area contributed by atoms with E-state index in [-0.39, 0.29) is 23.6 Å². The number of nitrogens with zero attached hydrogens (tertiary/aromatic N) is 1. The van der Waals surface area contributed by atoms with E-state index < -0.39 is 23.7 Å². The number of aromatic nitrogens is 1. The summed E-state index contributed by atoms with van der Waals surface area (Å²) in [4.78, 5) is 26.9. The molecule has 2 fully saturated rings. The maximum atomic E-state index is 13.0. The van der Waals surface area contributed by atoms with Crippen molar-refractivity contribution >= 4 is 11.9 Å². The van der Waals surface area contributed by atoms with Crippen molar-refractivity contribution in [3.05, 3.63) is 29.8 Å². The Balaban J connectivity index is 1.77. The van der Waals surface area contributed by atoms with Gasteiger partial charge in [0.15, 0.2) is 0 Å². The summed E-state index contributed by atoms with van der Waals surface area (Å²) in [6.45, 7) is 0. The number of hydrogen-bond acceptors (Lipinski definition) is 3. The lowest BCUT2D eigenvalue weighted by atomic mass is 9.84. The van der Waals surface area contributed by atoms with Crippen LogP contribution >= 0.6 is 0 Å². The quantitative estimate of drug-likeness (QED) is 0.820. The Bertz CT molecular complexity index is 563. The molecule has 1 aromatic rings. The molecule has 0 spiro atoms. The van der Waals surface area contributed by atoms with Crippen molar-refractivity contribution < 1.29 is 19.1 Å². The van der Waals surface area contributed by atoms with Crippen LogP contribution in [0.1, 0.15) is 29.8 Å². The number of rotatable bonds is 3. The van der Waals surface area contributed by atoms with Crippen molar-refractivity contribution in [2.75, 3.05) is 0 Å². The smallest absolute Gasteiger partial charge is 0.308 e. The van der Waals surface area contributed by atoms with E-state index in [4.69, 9.17) is 0 Å².